The van der Waals surface area contributed by atoms with Gasteiger partial charge in [-0.15, -0.1) is 0 Å². The van der Waals surface area contributed by atoms with Crippen molar-refractivity contribution in [3.63, 3.8) is 0 Å². The normalized spacial score (nSPS) is 35.9. The Balaban J connectivity index is 1.80. The summed E-state index contributed by atoms with van der Waals surface area (Å²) >= 11 is 0. The van der Waals surface area contributed by atoms with E-state index >= 15 is 0 Å². The fourth-order valence-electron chi connectivity index (χ4n) is 2.05. The molecular weight excluding hydrogens is 150 g/mol. The largest absolute Gasteiger partial charge is 0.370 e. The molecule has 0 aromatic rings. The predicted octanol–water partition coefficient (Wildman–Crippen LogP) is 0.709. The number of nitrogens with two attached hydrogens (primary N) is 1. The highest BCUT2D eigenvalue weighted by atomic mass is 15.1. The number of nitrogens with zero attached hydrogens (tertiary/aromatic N) is 1. The van der Waals surface area contributed by atoms with E-state index in [2.05, 4.69) is 10.3 Å². The summed E-state index contributed by atoms with van der Waals surface area (Å²) in [7, 11) is 1.73. The second-order valence-corrected chi connectivity index (χ2v) is 3.94. The molecule has 0 spiro atoms. The molecule has 0 aliphatic heterocycles. The first kappa shape index (κ1) is 7.90. The highest BCUT2D eigenvalue weighted by molar-refractivity contribution is 5.78. The van der Waals surface area contributed by atoms with E-state index < -0.39 is 0 Å². The maximum Gasteiger partial charge on any atom is 0.188 e. The van der Waals surface area contributed by atoms with Crippen LogP contribution in [-0.4, -0.2) is 19.0 Å². The van der Waals surface area contributed by atoms with Crippen LogP contribution in [0.15, 0.2) is 4.99 Å². The summed E-state index contributed by atoms with van der Waals surface area (Å²) < 4.78 is 0. The van der Waals surface area contributed by atoms with Crippen molar-refractivity contribution in [2.75, 3.05) is 7.05 Å². The van der Waals surface area contributed by atoms with Crippen molar-refractivity contribution in [3.8, 4) is 0 Å². The van der Waals surface area contributed by atoms with Gasteiger partial charge in [-0.25, -0.2) is 0 Å². The minimum Gasteiger partial charge on any atom is -0.370 e. The van der Waals surface area contributed by atoms with Gasteiger partial charge in [-0.3, -0.25) is 4.99 Å². The summed E-state index contributed by atoms with van der Waals surface area (Å²) in [4.78, 5) is 3.91. The van der Waals surface area contributed by atoms with Crippen LogP contribution in [-0.2, 0) is 0 Å². The third-order valence-electron chi connectivity index (χ3n) is 3.13. The molecule has 2 atom stereocenters. The lowest BCUT2D eigenvalue weighted by atomic mass is 9.76. The SMILES string of the molecule is CN=C(N)NC1CCC1C1CC1. The summed E-state index contributed by atoms with van der Waals surface area (Å²) in [6.07, 6.45) is 5.54. The van der Waals surface area contributed by atoms with E-state index in [1.54, 1.807) is 7.05 Å². The molecule has 0 bridgehead atoms. The smallest absolute Gasteiger partial charge is 0.188 e. The Kier molecular flexibility index (Phi) is 1.95. The molecule has 2 saturated carbocycles. The number of nitrogens with one attached hydrogen (secondary N) is 1. The Labute approximate surface area is 73.4 Å². The summed E-state index contributed by atoms with van der Waals surface area (Å²) in [6.45, 7) is 0. The van der Waals surface area contributed by atoms with E-state index in [1.165, 1.54) is 25.7 Å². The number of guanidine groups is 1. The zero-order valence-electron chi connectivity index (χ0n) is 7.59. The van der Waals surface area contributed by atoms with E-state index in [0.29, 0.717) is 12.0 Å². The van der Waals surface area contributed by atoms with E-state index in [1.807, 2.05) is 0 Å². The van der Waals surface area contributed by atoms with Crippen LogP contribution >= 0.6 is 0 Å². The molecule has 0 radical (unpaired) electrons. The Morgan fingerprint density at radius 1 is 1.33 bits per heavy atom. The van der Waals surface area contributed by atoms with Crippen LogP contribution in [0.4, 0.5) is 0 Å². The molecule has 0 saturated heterocycles. The van der Waals surface area contributed by atoms with Gasteiger partial charge >= 0.3 is 0 Å². The van der Waals surface area contributed by atoms with E-state index in [-0.39, 0.29) is 0 Å². The fourth-order valence-corrected chi connectivity index (χ4v) is 2.05. The van der Waals surface area contributed by atoms with Gasteiger partial charge < -0.3 is 11.1 Å². The summed E-state index contributed by atoms with van der Waals surface area (Å²) in [5, 5.41) is 3.27. The second-order valence-electron chi connectivity index (χ2n) is 3.94. The van der Waals surface area contributed by atoms with Crippen molar-refractivity contribution in [3.05, 3.63) is 0 Å². The van der Waals surface area contributed by atoms with Crippen molar-refractivity contribution in [2.45, 2.75) is 31.7 Å². The van der Waals surface area contributed by atoms with Gasteiger partial charge in [0, 0.05) is 13.1 Å². The zero-order valence-corrected chi connectivity index (χ0v) is 7.59. The first-order valence-corrected chi connectivity index (χ1v) is 4.80. The van der Waals surface area contributed by atoms with Crippen molar-refractivity contribution < 1.29 is 0 Å². The lowest BCUT2D eigenvalue weighted by molar-refractivity contribution is 0.205. The van der Waals surface area contributed by atoms with E-state index in [4.69, 9.17) is 5.73 Å². The third kappa shape index (κ3) is 1.40. The maximum atomic E-state index is 5.61. The number of aliphatic imine (C=N–C) groups is 1. The van der Waals surface area contributed by atoms with Crippen molar-refractivity contribution >= 4 is 5.96 Å². The highest BCUT2D eigenvalue weighted by Crippen LogP contribution is 2.46. The molecule has 68 valence electrons. The minimum absolute atomic E-state index is 0.602. The van der Waals surface area contributed by atoms with Gasteiger partial charge in [0.15, 0.2) is 5.96 Å². The van der Waals surface area contributed by atoms with Crippen molar-refractivity contribution in [2.24, 2.45) is 22.6 Å². The van der Waals surface area contributed by atoms with Gasteiger partial charge in [-0.2, -0.15) is 0 Å². The third-order valence-corrected chi connectivity index (χ3v) is 3.13. The molecule has 12 heavy (non-hydrogen) atoms. The molecular formula is C9H17N3. The molecule has 2 aliphatic rings. The van der Waals surface area contributed by atoms with Crippen LogP contribution in [0.3, 0.4) is 0 Å². The number of hydrogen-bond donors (Lipinski definition) is 2. The van der Waals surface area contributed by atoms with Crippen LogP contribution in [0.5, 0.6) is 0 Å². The van der Waals surface area contributed by atoms with Crippen molar-refractivity contribution in [1.82, 2.24) is 5.32 Å². The predicted molar refractivity (Wildman–Crippen MR) is 49.9 cm³/mol. The minimum atomic E-state index is 0.602. The lowest BCUT2D eigenvalue weighted by Gasteiger charge is -2.37. The van der Waals surface area contributed by atoms with Crippen LogP contribution in [0.25, 0.3) is 0 Å². The monoisotopic (exact) mass is 167 g/mol. The zero-order chi connectivity index (χ0) is 8.55. The molecule has 0 amide bonds. The second kappa shape index (κ2) is 2.96. The van der Waals surface area contributed by atoms with Crippen LogP contribution in [0.1, 0.15) is 25.7 Å². The fraction of sp³-hybridized carbons (Fsp3) is 0.889. The molecule has 0 heterocycles. The van der Waals surface area contributed by atoms with E-state index in [0.717, 1.165) is 11.8 Å². The van der Waals surface area contributed by atoms with Gasteiger partial charge in [-0.05, 0) is 37.5 Å². The molecule has 3 N–H and O–H groups in total. The van der Waals surface area contributed by atoms with Gasteiger partial charge in [-0.1, -0.05) is 0 Å². The van der Waals surface area contributed by atoms with Crippen LogP contribution in [0, 0.1) is 11.8 Å². The van der Waals surface area contributed by atoms with Gasteiger partial charge in [0.1, 0.15) is 0 Å². The molecule has 0 aromatic heterocycles. The lowest BCUT2D eigenvalue weighted by Crippen LogP contribution is -2.50. The standard InChI is InChI=1S/C9H17N3/c1-11-9(10)12-8-5-4-7(8)6-2-3-6/h6-8H,2-5H2,1H3,(H3,10,11,12). The first-order chi connectivity index (χ1) is 5.81. The Bertz CT molecular complexity index is 196. The molecule has 2 fully saturated rings. The van der Waals surface area contributed by atoms with Crippen LogP contribution in [0.2, 0.25) is 0 Å². The Morgan fingerprint density at radius 2 is 2.08 bits per heavy atom. The molecule has 3 nitrogen and oxygen atoms in total. The molecule has 3 heteroatoms. The summed E-state index contributed by atoms with van der Waals surface area (Å²) in [5.74, 6) is 2.50. The molecule has 2 unspecified atom stereocenters. The molecule has 2 aliphatic carbocycles. The molecule has 2 rings (SSSR count). The quantitative estimate of drug-likeness (QED) is 0.470. The Morgan fingerprint density at radius 3 is 2.50 bits per heavy atom. The number of hydrogen-bond acceptors (Lipinski definition) is 1. The molecule has 0 aromatic carbocycles. The Hall–Kier alpha value is -0.730. The first-order valence-electron chi connectivity index (χ1n) is 4.80. The summed E-state index contributed by atoms with van der Waals surface area (Å²) in [5.41, 5.74) is 5.61. The van der Waals surface area contributed by atoms with Crippen LogP contribution < -0.4 is 11.1 Å². The van der Waals surface area contributed by atoms with E-state index in [9.17, 15) is 0 Å². The van der Waals surface area contributed by atoms with Crippen molar-refractivity contribution in [1.29, 1.82) is 0 Å². The van der Waals surface area contributed by atoms with Gasteiger partial charge in [0.2, 0.25) is 0 Å². The number of rotatable bonds is 2. The van der Waals surface area contributed by atoms with Gasteiger partial charge in [0.05, 0.1) is 0 Å². The average Bonchev–Trinajstić information content (AvgIpc) is 2.81. The highest BCUT2D eigenvalue weighted by Gasteiger charge is 2.42. The maximum absolute atomic E-state index is 5.61. The van der Waals surface area contributed by atoms with Gasteiger partial charge in [0.25, 0.3) is 0 Å². The summed E-state index contributed by atoms with van der Waals surface area (Å²) in [6, 6.07) is 0.626. The average molecular weight is 167 g/mol. The topological polar surface area (TPSA) is 50.4 Å².